The molecular weight excluding hydrogens is 393 g/mol. The molecule has 0 aromatic heterocycles. The van der Waals surface area contributed by atoms with Crippen molar-refractivity contribution in [2.75, 3.05) is 12.9 Å². The van der Waals surface area contributed by atoms with Gasteiger partial charge in [-0.15, -0.1) is 0 Å². The number of aliphatic hydroxyl groups excluding tert-OH is 1. The second kappa shape index (κ2) is 10.4. The first-order valence-corrected chi connectivity index (χ1v) is 10.5. The lowest BCUT2D eigenvalue weighted by molar-refractivity contribution is -0.124. The average Bonchev–Trinajstić information content (AvgIpc) is 2.70. The van der Waals surface area contributed by atoms with Crippen LogP contribution in [0, 0.1) is 0 Å². The molecule has 2 aromatic carbocycles. The van der Waals surface area contributed by atoms with Crippen molar-refractivity contribution in [2.24, 2.45) is 0 Å². The molecule has 0 aliphatic carbocycles. The van der Waals surface area contributed by atoms with Gasteiger partial charge in [-0.2, -0.15) is 11.8 Å². The van der Waals surface area contributed by atoms with E-state index < -0.39 is 11.8 Å². The standard InChI is InChI=1S/C22H26FNO4S/c1-22(2,23)17-6-4-5-16(12-17)19(26)13-28-18-9-7-15(8-10-18)11-20(29-3)21(27)24-14-25/h4-10,12,14,19-20,26H,11,13H2,1-3H3,(H,24,25,27). The van der Waals surface area contributed by atoms with Crippen LogP contribution >= 0.6 is 11.8 Å². The molecule has 156 valence electrons. The van der Waals surface area contributed by atoms with Crippen LogP contribution in [-0.2, 0) is 21.7 Å². The molecule has 2 aromatic rings. The van der Waals surface area contributed by atoms with E-state index in [0.717, 1.165) is 5.56 Å². The molecule has 7 heteroatoms. The van der Waals surface area contributed by atoms with Crippen LogP contribution in [0.1, 0.15) is 36.6 Å². The van der Waals surface area contributed by atoms with Crippen LogP contribution in [-0.4, -0.2) is 35.5 Å². The van der Waals surface area contributed by atoms with Gasteiger partial charge in [0.25, 0.3) is 0 Å². The molecule has 0 saturated heterocycles. The highest BCUT2D eigenvalue weighted by molar-refractivity contribution is 7.99. The van der Waals surface area contributed by atoms with Gasteiger partial charge in [0.15, 0.2) is 0 Å². The molecule has 0 fully saturated rings. The summed E-state index contributed by atoms with van der Waals surface area (Å²) in [6.45, 7) is 2.98. The Morgan fingerprint density at radius 1 is 1.28 bits per heavy atom. The molecule has 2 atom stereocenters. The van der Waals surface area contributed by atoms with E-state index >= 15 is 0 Å². The lowest BCUT2D eigenvalue weighted by Crippen LogP contribution is -2.32. The Morgan fingerprint density at radius 2 is 1.97 bits per heavy atom. The Morgan fingerprint density at radius 3 is 2.55 bits per heavy atom. The third kappa shape index (κ3) is 6.87. The summed E-state index contributed by atoms with van der Waals surface area (Å²) in [4.78, 5) is 22.2. The fraction of sp³-hybridized carbons (Fsp3) is 0.364. The summed E-state index contributed by atoms with van der Waals surface area (Å²) in [5.41, 5.74) is 0.536. The third-order valence-electron chi connectivity index (χ3n) is 4.49. The third-order valence-corrected chi connectivity index (χ3v) is 5.44. The minimum atomic E-state index is -1.48. The number of carbonyl (C=O) groups is 2. The summed E-state index contributed by atoms with van der Waals surface area (Å²) in [6, 6.07) is 14.0. The predicted molar refractivity (Wildman–Crippen MR) is 113 cm³/mol. The van der Waals surface area contributed by atoms with E-state index in [4.69, 9.17) is 4.74 Å². The number of hydrogen-bond donors (Lipinski definition) is 2. The maximum Gasteiger partial charge on any atom is 0.239 e. The van der Waals surface area contributed by atoms with Crippen molar-refractivity contribution >= 4 is 24.1 Å². The van der Waals surface area contributed by atoms with Gasteiger partial charge in [-0.25, -0.2) is 4.39 Å². The average molecular weight is 420 g/mol. The molecule has 0 saturated carbocycles. The van der Waals surface area contributed by atoms with E-state index in [1.807, 2.05) is 18.4 Å². The highest BCUT2D eigenvalue weighted by Gasteiger charge is 2.20. The lowest BCUT2D eigenvalue weighted by atomic mass is 9.96. The molecule has 2 amide bonds. The number of halogens is 1. The normalized spacial score (nSPS) is 13.4. The van der Waals surface area contributed by atoms with Gasteiger partial charge in [-0.05, 0) is 61.4 Å². The van der Waals surface area contributed by atoms with Gasteiger partial charge in [-0.1, -0.05) is 30.3 Å². The monoisotopic (exact) mass is 419 g/mol. The predicted octanol–water partition coefficient (Wildman–Crippen LogP) is 3.55. The molecule has 0 bridgehead atoms. The largest absolute Gasteiger partial charge is 0.491 e. The van der Waals surface area contributed by atoms with Gasteiger partial charge in [-0.3, -0.25) is 14.9 Å². The van der Waals surface area contributed by atoms with Crippen molar-refractivity contribution in [2.45, 2.75) is 37.3 Å². The van der Waals surface area contributed by atoms with E-state index in [1.54, 1.807) is 36.4 Å². The summed E-state index contributed by atoms with van der Waals surface area (Å²) >= 11 is 1.37. The Hall–Kier alpha value is -2.38. The van der Waals surface area contributed by atoms with Crippen LogP contribution in [0.4, 0.5) is 4.39 Å². The number of benzene rings is 2. The fourth-order valence-electron chi connectivity index (χ4n) is 2.76. The highest BCUT2D eigenvalue weighted by atomic mass is 32.2. The second-order valence-electron chi connectivity index (χ2n) is 7.12. The number of amides is 2. The molecule has 0 heterocycles. The smallest absolute Gasteiger partial charge is 0.239 e. The molecule has 5 nitrogen and oxygen atoms in total. The first kappa shape index (κ1) is 22.9. The van der Waals surface area contributed by atoms with Crippen LogP contribution in [0.5, 0.6) is 5.75 Å². The van der Waals surface area contributed by atoms with Gasteiger partial charge < -0.3 is 9.84 Å². The first-order chi connectivity index (χ1) is 13.7. The summed E-state index contributed by atoms with van der Waals surface area (Å²) in [5.74, 6) is 0.252. The number of aliphatic hydroxyl groups is 1. The number of hydrogen-bond acceptors (Lipinski definition) is 5. The Kier molecular flexibility index (Phi) is 8.22. The fourth-order valence-corrected chi connectivity index (χ4v) is 3.40. The molecule has 2 rings (SSSR count). The summed E-state index contributed by atoms with van der Waals surface area (Å²) in [5, 5.41) is 12.2. The number of carbonyl (C=O) groups excluding carboxylic acids is 2. The number of thioether (sulfide) groups is 1. The zero-order valence-corrected chi connectivity index (χ0v) is 17.5. The SMILES string of the molecule is CSC(Cc1ccc(OCC(O)c2cccc(C(C)(C)F)c2)cc1)C(=O)NC=O. The zero-order valence-electron chi connectivity index (χ0n) is 16.7. The first-order valence-electron chi connectivity index (χ1n) is 9.20. The Bertz CT molecular complexity index is 820. The van der Waals surface area contributed by atoms with E-state index in [2.05, 4.69) is 5.32 Å². The topological polar surface area (TPSA) is 75.6 Å². The van der Waals surface area contributed by atoms with Gasteiger partial charge in [0, 0.05) is 0 Å². The van der Waals surface area contributed by atoms with Crippen molar-refractivity contribution in [1.82, 2.24) is 5.32 Å². The number of nitrogens with one attached hydrogen (secondary N) is 1. The van der Waals surface area contributed by atoms with Crippen LogP contribution in [0.25, 0.3) is 0 Å². The molecule has 0 aliphatic rings. The minimum absolute atomic E-state index is 0.0324. The van der Waals surface area contributed by atoms with Crippen molar-refractivity contribution < 1.29 is 23.8 Å². The summed E-state index contributed by atoms with van der Waals surface area (Å²) in [6.07, 6.45) is 1.80. The van der Waals surface area contributed by atoms with E-state index in [-0.39, 0.29) is 17.8 Å². The van der Waals surface area contributed by atoms with Crippen molar-refractivity contribution in [3.63, 3.8) is 0 Å². The van der Waals surface area contributed by atoms with Crippen LogP contribution < -0.4 is 10.1 Å². The van der Waals surface area contributed by atoms with Crippen LogP contribution in [0.3, 0.4) is 0 Å². The number of rotatable bonds is 10. The van der Waals surface area contributed by atoms with Crippen molar-refractivity contribution in [3.05, 3.63) is 65.2 Å². The second-order valence-corrected chi connectivity index (χ2v) is 8.16. The van der Waals surface area contributed by atoms with Crippen molar-refractivity contribution in [1.29, 1.82) is 0 Å². The number of ether oxygens (including phenoxy) is 1. The quantitative estimate of drug-likeness (QED) is 0.576. The van der Waals surface area contributed by atoms with E-state index in [1.165, 1.54) is 25.6 Å². The number of alkyl halides is 1. The molecule has 0 aliphatic heterocycles. The Balaban J connectivity index is 1.95. The van der Waals surface area contributed by atoms with E-state index in [9.17, 15) is 19.1 Å². The molecule has 0 radical (unpaired) electrons. The number of imide groups is 1. The zero-order chi connectivity index (χ0) is 21.4. The summed E-state index contributed by atoms with van der Waals surface area (Å²) in [7, 11) is 0. The van der Waals surface area contributed by atoms with Crippen LogP contribution in [0.15, 0.2) is 48.5 Å². The minimum Gasteiger partial charge on any atom is -0.491 e. The molecule has 29 heavy (non-hydrogen) atoms. The molecule has 2 unspecified atom stereocenters. The molecule has 0 spiro atoms. The molecule has 2 N–H and O–H groups in total. The maximum absolute atomic E-state index is 14.1. The van der Waals surface area contributed by atoms with E-state index in [0.29, 0.717) is 29.7 Å². The van der Waals surface area contributed by atoms with Gasteiger partial charge in [0.1, 0.15) is 24.1 Å². The summed E-state index contributed by atoms with van der Waals surface area (Å²) < 4.78 is 19.8. The Labute approximate surface area is 174 Å². The van der Waals surface area contributed by atoms with Crippen LogP contribution in [0.2, 0.25) is 0 Å². The van der Waals surface area contributed by atoms with Gasteiger partial charge >= 0.3 is 0 Å². The van der Waals surface area contributed by atoms with Gasteiger partial charge in [0.05, 0.1) is 5.25 Å². The highest BCUT2D eigenvalue weighted by Crippen LogP contribution is 2.27. The lowest BCUT2D eigenvalue weighted by Gasteiger charge is -2.18. The molecular formula is C22H26FNO4S. The van der Waals surface area contributed by atoms with Gasteiger partial charge in [0.2, 0.25) is 12.3 Å². The maximum atomic E-state index is 14.1. The van der Waals surface area contributed by atoms with Crippen molar-refractivity contribution in [3.8, 4) is 5.75 Å².